The number of aromatic nitrogens is 1. The van der Waals surface area contributed by atoms with Gasteiger partial charge in [-0.25, -0.2) is 9.78 Å². The maximum absolute atomic E-state index is 12.7. The van der Waals surface area contributed by atoms with E-state index in [2.05, 4.69) is 4.98 Å². The Morgan fingerprint density at radius 3 is 2.00 bits per heavy atom. The number of carboxylic acids is 1. The molecule has 1 N–H and O–H groups in total. The topological polar surface area (TPSA) is 63.3 Å². The van der Waals surface area contributed by atoms with Crippen LogP contribution in [0.4, 0.5) is 13.2 Å². The van der Waals surface area contributed by atoms with E-state index in [9.17, 15) is 18.0 Å². The molecule has 4 nitrogen and oxygen atoms in total. The number of aromatic carboxylic acids is 1. The minimum absolute atomic E-state index is 0.153. The van der Waals surface area contributed by atoms with E-state index in [1.54, 1.807) is 0 Å². The van der Waals surface area contributed by atoms with Crippen molar-refractivity contribution in [3.05, 3.63) is 17.3 Å². The van der Waals surface area contributed by atoms with Gasteiger partial charge >= 0.3 is 12.1 Å². The number of hydrogen-bond acceptors (Lipinski definition) is 3. The quantitative estimate of drug-likeness (QED) is 0.898. The van der Waals surface area contributed by atoms with Crippen molar-refractivity contribution in [3.8, 4) is 0 Å². The Morgan fingerprint density at radius 2 is 1.74 bits per heavy atom. The Balaban J connectivity index is 2.50. The van der Waals surface area contributed by atoms with E-state index >= 15 is 0 Å². The van der Waals surface area contributed by atoms with E-state index in [1.807, 2.05) is 27.7 Å². The van der Waals surface area contributed by atoms with Crippen LogP contribution in [-0.2, 0) is 6.18 Å². The lowest BCUT2D eigenvalue weighted by molar-refractivity contribution is -0.141. The van der Waals surface area contributed by atoms with Gasteiger partial charge in [0.1, 0.15) is 0 Å². The van der Waals surface area contributed by atoms with E-state index in [0.717, 1.165) is 0 Å². The molecule has 106 valence electrons. The van der Waals surface area contributed by atoms with Gasteiger partial charge in [0.15, 0.2) is 11.6 Å². The zero-order chi connectivity index (χ0) is 14.8. The minimum Gasteiger partial charge on any atom is -0.475 e. The summed E-state index contributed by atoms with van der Waals surface area (Å²) in [5, 5.41) is 8.77. The molecule has 0 aliphatic heterocycles. The maximum Gasteiger partial charge on any atom is 0.437 e. The molecule has 0 aromatic carbocycles. The fraction of sp³-hybridized carbons (Fsp3) is 0.667. The van der Waals surface area contributed by atoms with Crippen molar-refractivity contribution in [2.24, 2.45) is 10.8 Å². The number of hydrogen-bond donors (Lipinski definition) is 1. The Labute approximate surface area is 107 Å². The van der Waals surface area contributed by atoms with Crippen LogP contribution < -0.4 is 0 Å². The molecule has 0 radical (unpaired) electrons. The molecular formula is C12H14F3NO3. The lowest BCUT2D eigenvalue weighted by Gasteiger charge is -2.03. The van der Waals surface area contributed by atoms with Gasteiger partial charge in [-0.15, -0.1) is 0 Å². The molecule has 1 aromatic heterocycles. The fourth-order valence-electron chi connectivity index (χ4n) is 2.61. The zero-order valence-corrected chi connectivity index (χ0v) is 10.9. The first-order valence-corrected chi connectivity index (χ1v) is 5.72. The standard InChI is InChI=1S/C12H14F3NO3/c1-10(2)6(11(10,3)4)8-16-7(12(13,14)15)5(19-8)9(17)18/h6H,1-4H3,(H,17,18). The highest BCUT2D eigenvalue weighted by molar-refractivity contribution is 5.85. The van der Waals surface area contributed by atoms with Crippen LogP contribution in [0.2, 0.25) is 0 Å². The number of halogens is 3. The number of alkyl halides is 3. The van der Waals surface area contributed by atoms with E-state index in [1.165, 1.54) is 0 Å². The number of nitrogens with zero attached hydrogens (tertiary/aromatic N) is 1. The van der Waals surface area contributed by atoms with Crippen molar-refractivity contribution in [1.29, 1.82) is 0 Å². The van der Waals surface area contributed by atoms with Crippen LogP contribution >= 0.6 is 0 Å². The molecule has 1 aliphatic rings. The number of oxazole rings is 1. The number of carbonyl (C=O) groups is 1. The number of carboxylic acid groups (broad SMARTS) is 1. The van der Waals surface area contributed by atoms with Gasteiger partial charge in [-0.2, -0.15) is 13.2 Å². The van der Waals surface area contributed by atoms with Crippen molar-refractivity contribution >= 4 is 5.97 Å². The third-order valence-electron chi connectivity index (χ3n) is 4.37. The molecule has 1 heterocycles. The lowest BCUT2D eigenvalue weighted by atomic mass is 10.0. The summed E-state index contributed by atoms with van der Waals surface area (Å²) >= 11 is 0. The molecule has 0 atom stereocenters. The van der Waals surface area contributed by atoms with Gasteiger partial charge in [-0.1, -0.05) is 27.7 Å². The van der Waals surface area contributed by atoms with Crippen molar-refractivity contribution < 1.29 is 27.5 Å². The molecule has 2 rings (SSSR count). The molecule has 0 unspecified atom stereocenters. The largest absolute Gasteiger partial charge is 0.475 e. The summed E-state index contributed by atoms with van der Waals surface area (Å²) in [6, 6.07) is 0. The molecule has 1 aliphatic carbocycles. The van der Waals surface area contributed by atoms with Crippen LogP contribution in [0.15, 0.2) is 4.42 Å². The molecule has 0 amide bonds. The van der Waals surface area contributed by atoms with Gasteiger partial charge in [0.2, 0.25) is 5.76 Å². The monoisotopic (exact) mass is 277 g/mol. The molecule has 0 bridgehead atoms. The first-order chi connectivity index (χ1) is 8.40. The van der Waals surface area contributed by atoms with Crippen LogP contribution in [-0.4, -0.2) is 16.1 Å². The Bertz CT molecular complexity index is 529. The first kappa shape index (κ1) is 13.9. The average molecular weight is 277 g/mol. The minimum atomic E-state index is -4.83. The second-order valence-corrected chi connectivity index (χ2v) is 5.91. The van der Waals surface area contributed by atoms with Gasteiger partial charge < -0.3 is 9.52 Å². The van der Waals surface area contributed by atoms with Crippen LogP contribution in [0.25, 0.3) is 0 Å². The van der Waals surface area contributed by atoms with Crippen LogP contribution in [0.1, 0.15) is 55.8 Å². The predicted octanol–water partition coefficient (Wildman–Crippen LogP) is 3.54. The molecule has 7 heteroatoms. The highest BCUT2D eigenvalue weighted by atomic mass is 19.4. The SMILES string of the molecule is CC1(C)C(c2nc(C(F)(F)F)c(C(=O)O)o2)C1(C)C. The summed E-state index contributed by atoms with van der Waals surface area (Å²) < 4.78 is 43.0. The molecular weight excluding hydrogens is 263 g/mol. The molecule has 0 saturated heterocycles. The van der Waals surface area contributed by atoms with Gasteiger partial charge in [-0.3, -0.25) is 0 Å². The predicted molar refractivity (Wildman–Crippen MR) is 58.8 cm³/mol. The second-order valence-electron chi connectivity index (χ2n) is 5.91. The second kappa shape index (κ2) is 3.52. The highest BCUT2D eigenvalue weighted by Gasteiger charge is 2.68. The zero-order valence-electron chi connectivity index (χ0n) is 10.9. The fourth-order valence-corrected chi connectivity index (χ4v) is 2.61. The normalized spacial score (nSPS) is 21.4. The van der Waals surface area contributed by atoms with Crippen LogP contribution in [0, 0.1) is 10.8 Å². The Morgan fingerprint density at radius 1 is 1.26 bits per heavy atom. The molecule has 1 fully saturated rings. The maximum atomic E-state index is 12.7. The molecule has 1 aromatic rings. The average Bonchev–Trinajstić information content (AvgIpc) is 2.59. The summed E-state index contributed by atoms with van der Waals surface area (Å²) in [6.45, 7) is 7.54. The molecule has 1 saturated carbocycles. The van der Waals surface area contributed by atoms with Gasteiger partial charge in [0, 0.05) is 5.92 Å². The smallest absolute Gasteiger partial charge is 0.437 e. The Kier molecular flexibility index (Phi) is 2.57. The van der Waals surface area contributed by atoms with Crippen molar-refractivity contribution in [2.75, 3.05) is 0 Å². The summed E-state index contributed by atoms with van der Waals surface area (Å²) in [4.78, 5) is 14.2. The van der Waals surface area contributed by atoms with E-state index in [-0.39, 0.29) is 22.6 Å². The summed E-state index contributed by atoms with van der Waals surface area (Å²) in [5.74, 6) is -3.38. The van der Waals surface area contributed by atoms with E-state index < -0.39 is 23.6 Å². The van der Waals surface area contributed by atoms with Gasteiger partial charge in [-0.05, 0) is 10.8 Å². The van der Waals surface area contributed by atoms with Crippen molar-refractivity contribution in [1.82, 2.24) is 4.98 Å². The highest BCUT2D eigenvalue weighted by Crippen LogP contribution is 2.73. The summed E-state index contributed by atoms with van der Waals surface area (Å²) in [7, 11) is 0. The van der Waals surface area contributed by atoms with Gasteiger partial charge in [0.05, 0.1) is 0 Å². The Hall–Kier alpha value is -1.53. The number of rotatable bonds is 2. The van der Waals surface area contributed by atoms with Crippen LogP contribution in [0.3, 0.4) is 0 Å². The lowest BCUT2D eigenvalue weighted by Crippen LogP contribution is -2.11. The van der Waals surface area contributed by atoms with E-state index in [4.69, 9.17) is 9.52 Å². The molecule has 19 heavy (non-hydrogen) atoms. The summed E-state index contributed by atoms with van der Waals surface area (Å²) in [5.41, 5.74) is -2.03. The summed E-state index contributed by atoms with van der Waals surface area (Å²) in [6.07, 6.45) is -4.83. The molecule has 0 spiro atoms. The first-order valence-electron chi connectivity index (χ1n) is 5.72. The van der Waals surface area contributed by atoms with Crippen molar-refractivity contribution in [3.63, 3.8) is 0 Å². The third-order valence-corrected chi connectivity index (χ3v) is 4.37. The third kappa shape index (κ3) is 1.82. The van der Waals surface area contributed by atoms with Crippen LogP contribution in [0.5, 0.6) is 0 Å². The van der Waals surface area contributed by atoms with E-state index in [0.29, 0.717) is 0 Å². The van der Waals surface area contributed by atoms with Crippen molar-refractivity contribution in [2.45, 2.75) is 39.8 Å². The van der Waals surface area contributed by atoms with Gasteiger partial charge in [0.25, 0.3) is 0 Å².